The van der Waals surface area contributed by atoms with Crippen LogP contribution in [0, 0.1) is 19.7 Å². The second-order valence-corrected chi connectivity index (χ2v) is 4.79. The first-order valence-electron chi connectivity index (χ1n) is 5.82. The Hall–Kier alpha value is -2.14. The number of carboxylic acid groups (broad SMARTS) is 1. The number of halogens is 2. The van der Waals surface area contributed by atoms with Crippen molar-refractivity contribution in [1.29, 1.82) is 0 Å². The average molecular weight is 295 g/mol. The number of aromatic nitrogens is 1. The molecule has 0 aliphatic heterocycles. The molecule has 1 aromatic carbocycles. The van der Waals surface area contributed by atoms with E-state index in [0.717, 1.165) is 6.07 Å². The monoisotopic (exact) mass is 294 g/mol. The van der Waals surface area contributed by atoms with E-state index in [1.165, 1.54) is 12.1 Å². The lowest BCUT2D eigenvalue weighted by Crippen LogP contribution is -2.09. The number of aryl methyl sites for hydroxylation is 2. The van der Waals surface area contributed by atoms with Crippen LogP contribution in [0.25, 0.3) is 0 Å². The molecule has 0 amide bonds. The van der Waals surface area contributed by atoms with Gasteiger partial charge in [0.05, 0.1) is 5.69 Å². The number of carboxylic acids is 1. The van der Waals surface area contributed by atoms with Gasteiger partial charge in [-0.3, -0.25) is 0 Å². The molecule has 2 aromatic rings. The summed E-state index contributed by atoms with van der Waals surface area (Å²) >= 11 is 5.67. The standard InChI is InChI=1S/C14H12ClFN2O2/c1-7-5-8(2)17-13(12(7)14(19)20)18-11-4-3-9(15)6-10(11)16/h3-6H,1-2H3,(H,17,18)(H,19,20). The summed E-state index contributed by atoms with van der Waals surface area (Å²) in [7, 11) is 0. The molecule has 0 spiro atoms. The molecule has 4 nitrogen and oxygen atoms in total. The first kappa shape index (κ1) is 14.3. The Morgan fingerprint density at radius 3 is 2.65 bits per heavy atom. The largest absolute Gasteiger partial charge is 0.478 e. The average Bonchev–Trinajstić information content (AvgIpc) is 2.31. The van der Waals surface area contributed by atoms with E-state index in [-0.39, 0.29) is 22.1 Å². The van der Waals surface area contributed by atoms with Gasteiger partial charge in [-0.25, -0.2) is 14.2 Å². The molecule has 0 fully saturated rings. The Bertz CT molecular complexity index is 689. The molecule has 0 aliphatic carbocycles. The third-order valence-electron chi connectivity index (χ3n) is 2.74. The number of nitrogens with zero attached hydrogens (tertiary/aromatic N) is 1. The maximum absolute atomic E-state index is 13.7. The number of anilines is 2. The highest BCUT2D eigenvalue weighted by Crippen LogP contribution is 2.26. The minimum Gasteiger partial charge on any atom is -0.478 e. The van der Waals surface area contributed by atoms with Gasteiger partial charge >= 0.3 is 5.97 Å². The number of rotatable bonds is 3. The highest BCUT2D eigenvalue weighted by molar-refractivity contribution is 6.30. The summed E-state index contributed by atoms with van der Waals surface area (Å²) in [6, 6.07) is 5.75. The molecule has 104 valence electrons. The molecule has 0 atom stereocenters. The Morgan fingerprint density at radius 2 is 2.05 bits per heavy atom. The van der Waals surface area contributed by atoms with Crippen molar-refractivity contribution in [2.75, 3.05) is 5.32 Å². The van der Waals surface area contributed by atoms with Gasteiger partial charge in [-0.15, -0.1) is 0 Å². The fourth-order valence-electron chi connectivity index (χ4n) is 1.92. The number of hydrogen-bond donors (Lipinski definition) is 2. The van der Waals surface area contributed by atoms with Gasteiger partial charge in [0.15, 0.2) is 0 Å². The summed E-state index contributed by atoms with van der Waals surface area (Å²) in [5, 5.41) is 12.2. The summed E-state index contributed by atoms with van der Waals surface area (Å²) in [5.74, 6) is -1.59. The molecule has 0 aliphatic rings. The van der Waals surface area contributed by atoms with Gasteiger partial charge in [0.1, 0.15) is 17.2 Å². The summed E-state index contributed by atoms with van der Waals surface area (Å²) in [5.41, 5.74) is 1.34. The van der Waals surface area contributed by atoms with Gasteiger partial charge in [0.2, 0.25) is 0 Å². The van der Waals surface area contributed by atoms with Gasteiger partial charge in [0, 0.05) is 10.7 Å². The van der Waals surface area contributed by atoms with Crippen LogP contribution in [-0.2, 0) is 0 Å². The number of nitrogens with one attached hydrogen (secondary N) is 1. The molecule has 0 radical (unpaired) electrons. The van der Waals surface area contributed by atoms with Crippen molar-refractivity contribution in [3.05, 3.63) is 51.9 Å². The van der Waals surface area contributed by atoms with Crippen LogP contribution in [0.1, 0.15) is 21.6 Å². The maximum atomic E-state index is 13.7. The molecule has 0 bridgehead atoms. The molecule has 0 unspecified atom stereocenters. The third-order valence-corrected chi connectivity index (χ3v) is 2.98. The highest BCUT2D eigenvalue weighted by Gasteiger charge is 2.17. The van der Waals surface area contributed by atoms with Gasteiger partial charge < -0.3 is 10.4 Å². The van der Waals surface area contributed by atoms with Crippen molar-refractivity contribution in [2.24, 2.45) is 0 Å². The molecular weight excluding hydrogens is 283 g/mol. The van der Waals surface area contributed by atoms with Crippen molar-refractivity contribution in [2.45, 2.75) is 13.8 Å². The lowest BCUT2D eigenvalue weighted by molar-refractivity contribution is 0.0697. The fraction of sp³-hybridized carbons (Fsp3) is 0.143. The minimum absolute atomic E-state index is 0.0185. The zero-order valence-electron chi connectivity index (χ0n) is 10.9. The van der Waals surface area contributed by atoms with E-state index in [1.807, 2.05) is 0 Å². The molecule has 0 saturated heterocycles. The van der Waals surface area contributed by atoms with Crippen molar-refractivity contribution >= 4 is 29.1 Å². The number of hydrogen-bond acceptors (Lipinski definition) is 3. The molecule has 1 aromatic heterocycles. The second-order valence-electron chi connectivity index (χ2n) is 4.36. The maximum Gasteiger partial charge on any atom is 0.339 e. The molecular formula is C14H12ClFN2O2. The van der Waals surface area contributed by atoms with Crippen LogP contribution in [0.5, 0.6) is 0 Å². The summed E-state index contributed by atoms with van der Waals surface area (Å²) in [4.78, 5) is 15.4. The lowest BCUT2D eigenvalue weighted by atomic mass is 10.1. The van der Waals surface area contributed by atoms with E-state index in [1.54, 1.807) is 19.9 Å². The van der Waals surface area contributed by atoms with Gasteiger partial charge in [0.25, 0.3) is 0 Å². The van der Waals surface area contributed by atoms with Crippen molar-refractivity contribution < 1.29 is 14.3 Å². The fourth-order valence-corrected chi connectivity index (χ4v) is 2.07. The van der Waals surface area contributed by atoms with Crippen LogP contribution in [-0.4, -0.2) is 16.1 Å². The quantitative estimate of drug-likeness (QED) is 0.900. The van der Waals surface area contributed by atoms with E-state index in [2.05, 4.69) is 10.3 Å². The summed E-state index contributed by atoms with van der Waals surface area (Å²) in [6.45, 7) is 3.41. The molecule has 6 heteroatoms. The van der Waals surface area contributed by atoms with Crippen molar-refractivity contribution in [3.63, 3.8) is 0 Å². The third kappa shape index (κ3) is 2.88. The Labute approximate surface area is 120 Å². The van der Waals surface area contributed by atoms with Gasteiger partial charge in [-0.05, 0) is 43.7 Å². The zero-order chi connectivity index (χ0) is 14.9. The number of carbonyl (C=O) groups is 1. The van der Waals surface area contributed by atoms with E-state index < -0.39 is 11.8 Å². The highest BCUT2D eigenvalue weighted by atomic mass is 35.5. The van der Waals surface area contributed by atoms with Crippen LogP contribution < -0.4 is 5.32 Å². The zero-order valence-corrected chi connectivity index (χ0v) is 11.6. The van der Waals surface area contributed by atoms with Crippen molar-refractivity contribution in [3.8, 4) is 0 Å². The summed E-state index contributed by atoms with van der Waals surface area (Å²) in [6.07, 6.45) is 0. The van der Waals surface area contributed by atoms with Crippen LogP contribution in [0.2, 0.25) is 5.02 Å². The molecule has 2 N–H and O–H groups in total. The first-order chi connectivity index (χ1) is 9.38. The topological polar surface area (TPSA) is 62.2 Å². The Kier molecular flexibility index (Phi) is 3.90. The predicted molar refractivity (Wildman–Crippen MR) is 75.4 cm³/mol. The van der Waals surface area contributed by atoms with Crippen LogP contribution in [0.15, 0.2) is 24.3 Å². The molecule has 1 heterocycles. The molecule has 0 saturated carbocycles. The smallest absolute Gasteiger partial charge is 0.339 e. The molecule has 2 rings (SSSR count). The normalized spacial score (nSPS) is 10.4. The van der Waals surface area contributed by atoms with Crippen LogP contribution in [0.3, 0.4) is 0 Å². The number of aromatic carboxylic acids is 1. The van der Waals surface area contributed by atoms with E-state index in [0.29, 0.717) is 11.3 Å². The second kappa shape index (κ2) is 5.46. The minimum atomic E-state index is -1.12. The Balaban J connectivity index is 2.50. The van der Waals surface area contributed by atoms with E-state index in [9.17, 15) is 14.3 Å². The lowest BCUT2D eigenvalue weighted by Gasteiger charge is -2.12. The number of pyridine rings is 1. The van der Waals surface area contributed by atoms with Crippen LogP contribution in [0.4, 0.5) is 15.9 Å². The van der Waals surface area contributed by atoms with Crippen LogP contribution >= 0.6 is 11.6 Å². The van der Waals surface area contributed by atoms with E-state index in [4.69, 9.17) is 11.6 Å². The predicted octanol–water partition coefficient (Wildman–Crippen LogP) is 3.93. The van der Waals surface area contributed by atoms with Gasteiger partial charge in [-0.1, -0.05) is 11.6 Å². The Morgan fingerprint density at radius 1 is 1.35 bits per heavy atom. The SMILES string of the molecule is Cc1cc(C)c(C(=O)O)c(Nc2ccc(Cl)cc2F)n1. The first-order valence-corrected chi connectivity index (χ1v) is 6.20. The number of benzene rings is 1. The summed E-state index contributed by atoms with van der Waals surface area (Å²) < 4.78 is 13.7. The van der Waals surface area contributed by atoms with Crippen molar-refractivity contribution in [1.82, 2.24) is 4.98 Å². The van der Waals surface area contributed by atoms with E-state index >= 15 is 0 Å². The molecule has 20 heavy (non-hydrogen) atoms. The van der Waals surface area contributed by atoms with Gasteiger partial charge in [-0.2, -0.15) is 0 Å².